The van der Waals surface area contributed by atoms with Gasteiger partial charge in [0.25, 0.3) is 0 Å². The summed E-state index contributed by atoms with van der Waals surface area (Å²) < 4.78 is 0. The third kappa shape index (κ3) is 2.20. The molecule has 1 rings (SSSR count). The zero-order valence-electron chi connectivity index (χ0n) is 7.59. The van der Waals surface area contributed by atoms with Gasteiger partial charge in [-0.1, -0.05) is 13.8 Å². The standard InChI is InChI=1S/C7H14N4O/c1-5(2)6(12)4-7-8-10-11(3)9-7/h5,10H,4H2,1-3H3,(H,8,9). The molecule has 12 heavy (non-hydrogen) atoms. The molecule has 0 fully saturated rings. The van der Waals surface area contributed by atoms with Gasteiger partial charge in [0, 0.05) is 13.0 Å². The van der Waals surface area contributed by atoms with Gasteiger partial charge in [-0.05, 0) is 0 Å². The molecule has 0 atom stereocenters. The summed E-state index contributed by atoms with van der Waals surface area (Å²) >= 11 is 0. The van der Waals surface area contributed by atoms with Crippen LogP contribution >= 0.6 is 0 Å². The Balaban J connectivity index is 2.38. The number of Topliss-reactive ketones (excluding diaryl/α,β-unsaturated/α-hetero) is 1. The maximum Gasteiger partial charge on any atom is 0.147 e. The third-order valence-electron chi connectivity index (χ3n) is 1.62. The Kier molecular flexibility index (Phi) is 2.65. The van der Waals surface area contributed by atoms with E-state index in [-0.39, 0.29) is 11.7 Å². The fourth-order valence-corrected chi connectivity index (χ4v) is 0.827. The van der Waals surface area contributed by atoms with Crippen LogP contribution in [0.1, 0.15) is 20.3 Å². The highest BCUT2D eigenvalue weighted by Gasteiger charge is 2.15. The molecular formula is C7H14N4O. The molecule has 0 saturated heterocycles. The Hall–Kier alpha value is -1.10. The summed E-state index contributed by atoms with van der Waals surface area (Å²) in [5.41, 5.74) is 5.56. The van der Waals surface area contributed by atoms with Crippen LogP contribution < -0.4 is 11.0 Å². The average molecular weight is 170 g/mol. The average Bonchev–Trinajstić information content (AvgIpc) is 2.35. The van der Waals surface area contributed by atoms with E-state index < -0.39 is 0 Å². The van der Waals surface area contributed by atoms with Gasteiger partial charge in [0.05, 0.1) is 6.42 Å². The van der Waals surface area contributed by atoms with Crippen molar-refractivity contribution in [3.8, 4) is 0 Å². The predicted octanol–water partition coefficient (Wildman–Crippen LogP) is -0.130. The minimum absolute atomic E-state index is 0.0698. The van der Waals surface area contributed by atoms with E-state index in [9.17, 15) is 4.79 Å². The molecule has 1 aliphatic heterocycles. The summed E-state index contributed by atoms with van der Waals surface area (Å²) in [6.07, 6.45) is 0.370. The molecule has 0 aromatic heterocycles. The number of hydrogen-bond donors (Lipinski definition) is 2. The lowest BCUT2D eigenvalue weighted by Crippen LogP contribution is -2.38. The van der Waals surface area contributed by atoms with Gasteiger partial charge in [0.2, 0.25) is 0 Å². The Morgan fingerprint density at radius 1 is 1.67 bits per heavy atom. The number of carbonyl (C=O) groups is 1. The van der Waals surface area contributed by atoms with Crippen LogP contribution in [0.4, 0.5) is 0 Å². The van der Waals surface area contributed by atoms with E-state index in [2.05, 4.69) is 16.1 Å². The SMILES string of the molecule is CC(C)C(=O)CC1=NNN(C)N1. The van der Waals surface area contributed by atoms with Crippen LogP contribution in [-0.4, -0.2) is 23.8 Å². The van der Waals surface area contributed by atoms with Crippen LogP contribution in [0.5, 0.6) is 0 Å². The maximum absolute atomic E-state index is 11.2. The summed E-state index contributed by atoms with van der Waals surface area (Å²) in [4.78, 5) is 11.2. The second-order valence-corrected chi connectivity index (χ2v) is 3.13. The van der Waals surface area contributed by atoms with Gasteiger partial charge in [0.15, 0.2) is 0 Å². The van der Waals surface area contributed by atoms with Gasteiger partial charge in [-0.2, -0.15) is 0 Å². The minimum Gasteiger partial charge on any atom is -0.299 e. The largest absolute Gasteiger partial charge is 0.299 e. The van der Waals surface area contributed by atoms with Crippen molar-refractivity contribution in [2.45, 2.75) is 20.3 Å². The summed E-state index contributed by atoms with van der Waals surface area (Å²) in [5.74, 6) is 0.940. The third-order valence-corrected chi connectivity index (χ3v) is 1.62. The molecule has 5 heteroatoms. The summed E-state index contributed by atoms with van der Waals surface area (Å²) in [6, 6.07) is 0. The Labute approximate surface area is 71.7 Å². The Morgan fingerprint density at radius 3 is 2.75 bits per heavy atom. The maximum atomic E-state index is 11.2. The quantitative estimate of drug-likeness (QED) is 0.619. The van der Waals surface area contributed by atoms with E-state index in [1.165, 1.54) is 0 Å². The van der Waals surface area contributed by atoms with Crippen molar-refractivity contribution in [1.29, 1.82) is 0 Å². The van der Waals surface area contributed by atoms with Gasteiger partial charge in [-0.3, -0.25) is 10.2 Å². The van der Waals surface area contributed by atoms with Crippen LogP contribution in [0.15, 0.2) is 5.10 Å². The van der Waals surface area contributed by atoms with Gasteiger partial charge in [-0.25, -0.2) is 5.53 Å². The number of hydrazine groups is 2. The van der Waals surface area contributed by atoms with Crippen molar-refractivity contribution in [3.63, 3.8) is 0 Å². The zero-order valence-corrected chi connectivity index (χ0v) is 7.59. The lowest BCUT2D eigenvalue weighted by atomic mass is 10.1. The lowest BCUT2D eigenvalue weighted by Gasteiger charge is -2.08. The second-order valence-electron chi connectivity index (χ2n) is 3.13. The molecule has 68 valence electrons. The van der Waals surface area contributed by atoms with E-state index >= 15 is 0 Å². The number of amidine groups is 1. The number of carbonyl (C=O) groups excluding carboxylic acids is 1. The number of hydrazone groups is 1. The number of nitrogens with zero attached hydrogens (tertiary/aromatic N) is 2. The number of ketones is 1. The summed E-state index contributed by atoms with van der Waals surface area (Å²) in [7, 11) is 1.79. The van der Waals surface area contributed by atoms with Crippen molar-refractivity contribution < 1.29 is 4.79 Å². The number of rotatable bonds is 3. The highest BCUT2D eigenvalue weighted by atomic mass is 16.1. The van der Waals surface area contributed by atoms with Crippen molar-refractivity contribution in [1.82, 2.24) is 16.1 Å². The molecule has 0 aromatic carbocycles. The molecule has 0 unspecified atom stereocenters. The van der Waals surface area contributed by atoms with E-state index in [0.717, 1.165) is 0 Å². The Bertz CT molecular complexity index is 211. The molecule has 0 saturated carbocycles. The fraction of sp³-hybridized carbons (Fsp3) is 0.714. The fourth-order valence-electron chi connectivity index (χ4n) is 0.827. The summed E-state index contributed by atoms with van der Waals surface area (Å²) in [6.45, 7) is 3.77. The highest BCUT2D eigenvalue weighted by Crippen LogP contribution is 2.00. The smallest absolute Gasteiger partial charge is 0.147 e. The molecule has 0 bridgehead atoms. The van der Waals surface area contributed by atoms with Gasteiger partial charge >= 0.3 is 0 Å². The van der Waals surface area contributed by atoms with Crippen LogP contribution in [0, 0.1) is 5.92 Å². The van der Waals surface area contributed by atoms with Crippen LogP contribution in [0.25, 0.3) is 0 Å². The van der Waals surface area contributed by atoms with Crippen LogP contribution in [0.2, 0.25) is 0 Å². The van der Waals surface area contributed by atoms with Crippen molar-refractivity contribution in [3.05, 3.63) is 0 Å². The van der Waals surface area contributed by atoms with Crippen LogP contribution in [-0.2, 0) is 4.79 Å². The lowest BCUT2D eigenvalue weighted by molar-refractivity contribution is -0.120. The van der Waals surface area contributed by atoms with Gasteiger partial charge < -0.3 is 0 Å². The molecule has 0 spiro atoms. The molecule has 1 aliphatic rings. The molecule has 5 nitrogen and oxygen atoms in total. The first-order valence-electron chi connectivity index (χ1n) is 3.95. The Morgan fingerprint density at radius 2 is 2.33 bits per heavy atom. The van der Waals surface area contributed by atoms with Crippen LogP contribution in [0.3, 0.4) is 0 Å². The van der Waals surface area contributed by atoms with E-state index in [1.54, 1.807) is 12.2 Å². The monoisotopic (exact) mass is 170 g/mol. The normalized spacial score (nSPS) is 17.2. The number of nitrogens with one attached hydrogen (secondary N) is 2. The molecule has 0 aromatic rings. The second kappa shape index (κ2) is 3.53. The first kappa shape index (κ1) is 8.99. The predicted molar refractivity (Wildman–Crippen MR) is 45.9 cm³/mol. The van der Waals surface area contributed by atoms with E-state index in [1.807, 2.05) is 13.8 Å². The van der Waals surface area contributed by atoms with Gasteiger partial charge in [0.1, 0.15) is 11.6 Å². The first-order chi connectivity index (χ1) is 5.59. The molecule has 1 heterocycles. The zero-order chi connectivity index (χ0) is 9.14. The molecule has 0 radical (unpaired) electrons. The van der Waals surface area contributed by atoms with E-state index in [4.69, 9.17) is 0 Å². The van der Waals surface area contributed by atoms with Crippen molar-refractivity contribution in [2.75, 3.05) is 7.05 Å². The molecule has 2 N–H and O–H groups in total. The number of hydrogen-bond acceptors (Lipinski definition) is 5. The van der Waals surface area contributed by atoms with Gasteiger partial charge in [-0.15, -0.1) is 10.2 Å². The molecule has 0 amide bonds. The molecular weight excluding hydrogens is 156 g/mol. The minimum atomic E-state index is 0.0698. The van der Waals surface area contributed by atoms with E-state index in [0.29, 0.717) is 12.3 Å². The topological polar surface area (TPSA) is 56.7 Å². The summed E-state index contributed by atoms with van der Waals surface area (Å²) in [5, 5.41) is 5.50. The van der Waals surface area contributed by atoms with Crippen molar-refractivity contribution in [2.24, 2.45) is 11.0 Å². The highest BCUT2D eigenvalue weighted by molar-refractivity contribution is 6.01. The van der Waals surface area contributed by atoms with Crippen molar-refractivity contribution >= 4 is 11.6 Å². The first-order valence-corrected chi connectivity index (χ1v) is 3.95. The molecule has 0 aliphatic carbocycles.